The Hall–Kier alpha value is -1.88. The number of aromatic nitrogens is 1. The topological polar surface area (TPSA) is 75.4 Å². The van der Waals surface area contributed by atoms with Crippen LogP contribution in [0.25, 0.3) is 11.1 Å². The fourth-order valence-corrected chi connectivity index (χ4v) is 2.00. The molecule has 19 heavy (non-hydrogen) atoms. The summed E-state index contributed by atoms with van der Waals surface area (Å²) in [5, 5.41) is 8.34. The van der Waals surface area contributed by atoms with Gasteiger partial charge in [-0.15, -0.1) is 0 Å². The maximum atomic E-state index is 10.8. The van der Waals surface area contributed by atoms with Crippen LogP contribution in [0, 0.1) is 0 Å². The molecule has 0 fully saturated rings. The van der Waals surface area contributed by atoms with Gasteiger partial charge in [-0.25, -0.2) is 10.5 Å². The van der Waals surface area contributed by atoms with Crippen molar-refractivity contribution in [1.29, 1.82) is 0 Å². The predicted octanol–water partition coefficient (Wildman–Crippen LogP) is 2.83. The van der Waals surface area contributed by atoms with Gasteiger partial charge in [0.1, 0.15) is 5.52 Å². The number of fused-ring (bicyclic) bond motifs is 1. The SMILES string of the molecule is O=C(CCCCCCc1nc2ccccc2o1)NO. The lowest BCUT2D eigenvalue weighted by Gasteiger charge is -1.99. The van der Waals surface area contributed by atoms with Gasteiger partial charge in [0.25, 0.3) is 0 Å². The summed E-state index contributed by atoms with van der Waals surface area (Å²) >= 11 is 0. The zero-order valence-corrected chi connectivity index (χ0v) is 10.8. The molecular weight excluding hydrogens is 244 g/mol. The van der Waals surface area contributed by atoms with Gasteiger partial charge in [-0.2, -0.15) is 0 Å². The second-order valence-corrected chi connectivity index (χ2v) is 4.52. The lowest BCUT2D eigenvalue weighted by Crippen LogP contribution is -2.17. The molecule has 2 rings (SSSR count). The van der Waals surface area contributed by atoms with Crippen molar-refractivity contribution < 1.29 is 14.4 Å². The summed E-state index contributed by atoms with van der Waals surface area (Å²) in [6, 6.07) is 7.74. The van der Waals surface area contributed by atoms with Crippen molar-refractivity contribution in [3.05, 3.63) is 30.2 Å². The molecule has 0 aliphatic carbocycles. The number of amides is 1. The molecule has 5 heteroatoms. The largest absolute Gasteiger partial charge is 0.441 e. The third-order valence-corrected chi connectivity index (χ3v) is 3.01. The summed E-state index contributed by atoms with van der Waals surface area (Å²) < 4.78 is 5.62. The van der Waals surface area contributed by atoms with E-state index in [1.54, 1.807) is 5.48 Å². The second-order valence-electron chi connectivity index (χ2n) is 4.52. The molecule has 0 saturated heterocycles. The molecule has 0 atom stereocenters. The van der Waals surface area contributed by atoms with Crippen molar-refractivity contribution in [2.45, 2.75) is 38.5 Å². The summed E-state index contributed by atoms with van der Waals surface area (Å²) in [6.07, 6.45) is 4.97. The zero-order valence-electron chi connectivity index (χ0n) is 10.8. The van der Waals surface area contributed by atoms with E-state index in [1.807, 2.05) is 24.3 Å². The van der Waals surface area contributed by atoms with Crippen LogP contribution in [0.15, 0.2) is 28.7 Å². The molecule has 1 aromatic carbocycles. The third kappa shape index (κ3) is 4.06. The van der Waals surface area contributed by atoms with E-state index >= 15 is 0 Å². The molecule has 0 unspecified atom stereocenters. The molecular formula is C14H18N2O3. The van der Waals surface area contributed by atoms with Crippen LogP contribution in [0.2, 0.25) is 0 Å². The van der Waals surface area contributed by atoms with E-state index in [0.29, 0.717) is 6.42 Å². The summed E-state index contributed by atoms with van der Waals surface area (Å²) in [5.74, 6) is 0.452. The van der Waals surface area contributed by atoms with Crippen molar-refractivity contribution in [2.75, 3.05) is 0 Å². The van der Waals surface area contributed by atoms with Crippen molar-refractivity contribution in [2.24, 2.45) is 0 Å². The summed E-state index contributed by atoms with van der Waals surface area (Å²) in [7, 11) is 0. The van der Waals surface area contributed by atoms with E-state index in [2.05, 4.69) is 4.98 Å². The maximum absolute atomic E-state index is 10.8. The highest BCUT2D eigenvalue weighted by Crippen LogP contribution is 2.16. The number of aryl methyl sites for hydroxylation is 1. The minimum atomic E-state index is -0.320. The van der Waals surface area contributed by atoms with Gasteiger partial charge in [-0.3, -0.25) is 10.0 Å². The first-order chi connectivity index (χ1) is 9.29. The monoisotopic (exact) mass is 262 g/mol. The Bertz CT molecular complexity index is 503. The number of nitrogens with one attached hydrogen (secondary N) is 1. The van der Waals surface area contributed by atoms with Gasteiger partial charge in [-0.1, -0.05) is 25.0 Å². The van der Waals surface area contributed by atoms with Crippen LogP contribution in [0.5, 0.6) is 0 Å². The Morgan fingerprint density at radius 3 is 2.79 bits per heavy atom. The Balaban J connectivity index is 1.67. The van der Waals surface area contributed by atoms with Crippen LogP contribution in [-0.2, 0) is 11.2 Å². The Labute approximate surface area is 111 Å². The van der Waals surface area contributed by atoms with Crippen LogP contribution in [0.3, 0.4) is 0 Å². The third-order valence-electron chi connectivity index (χ3n) is 3.01. The van der Waals surface area contributed by atoms with Crippen molar-refractivity contribution in [1.82, 2.24) is 10.5 Å². The predicted molar refractivity (Wildman–Crippen MR) is 70.7 cm³/mol. The van der Waals surface area contributed by atoms with Gasteiger partial charge < -0.3 is 4.42 Å². The number of hydrogen-bond donors (Lipinski definition) is 2. The number of para-hydroxylation sites is 2. The minimum Gasteiger partial charge on any atom is -0.441 e. The van der Waals surface area contributed by atoms with E-state index in [1.165, 1.54) is 0 Å². The first-order valence-corrected chi connectivity index (χ1v) is 6.57. The average Bonchev–Trinajstić information content (AvgIpc) is 2.84. The van der Waals surface area contributed by atoms with E-state index in [9.17, 15) is 4.79 Å². The Morgan fingerprint density at radius 2 is 2.00 bits per heavy atom. The number of unbranched alkanes of at least 4 members (excludes halogenated alkanes) is 3. The highest BCUT2D eigenvalue weighted by molar-refractivity contribution is 5.74. The highest BCUT2D eigenvalue weighted by Gasteiger charge is 2.04. The first-order valence-electron chi connectivity index (χ1n) is 6.57. The summed E-state index contributed by atoms with van der Waals surface area (Å²) in [5.41, 5.74) is 3.36. The molecule has 2 N–H and O–H groups in total. The second kappa shape index (κ2) is 6.89. The lowest BCUT2D eigenvalue weighted by atomic mass is 10.1. The van der Waals surface area contributed by atoms with Crippen LogP contribution < -0.4 is 5.48 Å². The Morgan fingerprint density at radius 1 is 1.21 bits per heavy atom. The van der Waals surface area contributed by atoms with Gasteiger partial charge in [-0.05, 0) is 25.0 Å². The lowest BCUT2D eigenvalue weighted by molar-refractivity contribution is -0.129. The normalized spacial score (nSPS) is 10.8. The van der Waals surface area contributed by atoms with E-state index < -0.39 is 0 Å². The first kappa shape index (κ1) is 13.5. The molecule has 1 heterocycles. The van der Waals surface area contributed by atoms with Gasteiger partial charge >= 0.3 is 0 Å². The summed E-state index contributed by atoms with van der Waals surface area (Å²) in [4.78, 5) is 15.2. The molecule has 0 aliphatic heterocycles. The molecule has 0 aliphatic rings. The van der Waals surface area contributed by atoms with E-state index in [0.717, 1.165) is 49.1 Å². The number of benzene rings is 1. The van der Waals surface area contributed by atoms with Gasteiger partial charge in [0.15, 0.2) is 11.5 Å². The highest BCUT2D eigenvalue weighted by atomic mass is 16.5. The number of rotatable bonds is 7. The summed E-state index contributed by atoms with van der Waals surface area (Å²) in [6.45, 7) is 0. The molecule has 5 nitrogen and oxygen atoms in total. The molecule has 1 aromatic heterocycles. The number of carbonyl (C=O) groups excluding carboxylic acids is 1. The number of hydroxylamine groups is 1. The van der Waals surface area contributed by atoms with E-state index in [4.69, 9.17) is 9.62 Å². The molecule has 102 valence electrons. The number of oxazole rings is 1. The number of carbonyl (C=O) groups is 1. The standard InChI is InChI=1S/C14H18N2O3/c17-13(16-18)9-3-1-2-4-10-14-15-11-7-5-6-8-12(11)19-14/h5-8,18H,1-4,9-10H2,(H,16,17). The molecule has 0 spiro atoms. The van der Waals surface area contributed by atoms with Crippen LogP contribution in [0.1, 0.15) is 38.0 Å². The van der Waals surface area contributed by atoms with Gasteiger partial charge in [0.05, 0.1) is 0 Å². The average molecular weight is 262 g/mol. The van der Waals surface area contributed by atoms with E-state index in [-0.39, 0.29) is 5.91 Å². The van der Waals surface area contributed by atoms with Crippen molar-refractivity contribution in [3.63, 3.8) is 0 Å². The number of nitrogens with zero attached hydrogens (tertiary/aromatic N) is 1. The van der Waals surface area contributed by atoms with Gasteiger partial charge in [0, 0.05) is 12.8 Å². The smallest absolute Gasteiger partial charge is 0.243 e. The maximum Gasteiger partial charge on any atom is 0.243 e. The van der Waals surface area contributed by atoms with Crippen LogP contribution in [0.4, 0.5) is 0 Å². The molecule has 0 radical (unpaired) electrons. The van der Waals surface area contributed by atoms with Crippen LogP contribution in [-0.4, -0.2) is 16.1 Å². The zero-order chi connectivity index (χ0) is 13.5. The molecule has 0 bridgehead atoms. The quantitative estimate of drug-likeness (QED) is 0.457. The van der Waals surface area contributed by atoms with Gasteiger partial charge in [0.2, 0.25) is 5.91 Å². The van der Waals surface area contributed by atoms with Crippen molar-refractivity contribution in [3.8, 4) is 0 Å². The molecule has 2 aromatic rings. The number of hydrogen-bond acceptors (Lipinski definition) is 4. The fourth-order valence-electron chi connectivity index (χ4n) is 2.00. The van der Waals surface area contributed by atoms with Crippen molar-refractivity contribution >= 4 is 17.0 Å². The molecule has 1 amide bonds. The molecule has 0 saturated carbocycles. The Kier molecular flexibility index (Phi) is 4.92. The van der Waals surface area contributed by atoms with Crippen LogP contribution >= 0.6 is 0 Å². The fraction of sp³-hybridized carbons (Fsp3) is 0.429. The minimum absolute atomic E-state index is 0.320.